The van der Waals surface area contributed by atoms with Crippen molar-refractivity contribution in [2.45, 2.75) is 143 Å². The van der Waals surface area contributed by atoms with Crippen LogP contribution >= 0.6 is 0 Å². The zero-order valence-corrected chi connectivity index (χ0v) is 21.2. The van der Waals surface area contributed by atoms with Crippen LogP contribution < -0.4 is 0 Å². The number of carbonyl (C=O) groups is 2. The van der Waals surface area contributed by atoms with E-state index in [1.54, 1.807) is 0 Å². The summed E-state index contributed by atoms with van der Waals surface area (Å²) in [5.74, 6) is 0.166. The van der Waals surface area contributed by atoms with E-state index < -0.39 is 0 Å². The van der Waals surface area contributed by atoms with E-state index in [-0.39, 0.29) is 11.9 Å². The summed E-state index contributed by atoms with van der Waals surface area (Å²) in [5.41, 5.74) is 0. The minimum Gasteiger partial charge on any atom is -0.466 e. The number of nitrogens with zero attached hydrogens (tertiary/aromatic N) is 1. The number of carbonyl (C=O) groups excluding carboxylic acids is 2. The van der Waals surface area contributed by atoms with E-state index in [2.05, 4.69) is 25.7 Å². The molecule has 4 heteroatoms. The van der Waals surface area contributed by atoms with Gasteiger partial charge in [0.1, 0.15) is 0 Å². The molecule has 0 aliphatic heterocycles. The number of unbranched alkanes of at least 4 members (excludes halogenated alkanes) is 13. The van der Waals surface area contributed by atoms with Gasteiger partial charge in [-0.15, -0.1) is 0 Å². The second-order valence-electron chi connectivity index (χ2n) is 9.05. The molecule has 184 valence electrons. The highest BCUT2D eigenvalue weighted by atomic mass is 16.5. The predicted molar refractivity (Wildman–Crippen MR) is 132 cm³/mol. The largest absolute Gasteiger partial charge is 0.466 e. The van der Waals surface area contributed by atoms with E-state index in [0.717, 1.165) is 51.6 Å². The summed E-state index contributed by atoms with van der Waals surface area (Å²) >= 11 is 0. The van der Waals surface area contributed by atoms with Crippen LogP contribution in [-0.4, -0.2) is 36.5 Å². The van der Waals surface area contributed by atoms with Gasteiger partial charge in [0.2, 0.25) is 5.91 Å². The zero-order valence-electron chi connectivity index (χ0n) is 21.2. The Hall–Kier alpha value is -1.06. The van der Waals surface area contributed by atoms with Gasteiger partial charge in [0.25, 0.3) is 0 Å². The lowest BCUT2D eigenvalue weighted by molar-refractivity contribution is -0.144. The van der Waals surface area contributed by atoms with Gasteiger partial charge in [0.05, 0.1) is 6.61 Å². The Labute approximate surface area is 193 Å². The van der Waals surface area contributed by atoms with E-state index in [1.165, 1.54) is 70.6 Å². The van der Waals surface area contributed by atoms with Gasteiger partial charge in [-0.05, 0) is 32.1 Å². The fourth-order valence-electron chi connectivity index (χ4n) is 3.84. The number of rotatable bonds is 23. The molecule has 0 aromatic carbocycles. The second-order valence-corrected chi connectivity index (χ2v) is 9.05. The average Bonchev–Trinajstić information content (AvgIpc) is 2.77. The van der Waals surface area contributed by atoms with E-state index in [4.69, 9.17) is 4.74 Å². The molecule has 0 heterocycles. The van der Waals surface area contributed by atoms with Crippen molar-refractivity contribution in [3.8, 4) is 0 Å². The third-order valence-corrected chi connectivity index (χ3v) is 5.95. The van der Waals surface area contributed by atoms with Crippen LogP contribution in [0.5, 0.6) is 0 Å². The first kappa shape index (κ1) is 29.9. The molecule has 0 rings (SSSR count). The first-order valence-electron chi connectivity index (χ1n) is 13.6. The molecule has 31 heavy (non-hydrogen) atoms. The van der Waals surface area contributed by atoms with Gasteiger partial charge in [0.15, 0.2) is 0 Å². The maximum absolute atomic E-state index is 12.7. The quantitative estimate of drug-likeness (QED) is 0.120. The molecule has 0 fully saturated rings. The fourth-order valence-corrected chi connectivity index (χ4v) is 3.84. The third-order valence-electron chi connectivity index (χ3n) is 5.95. The van der Waals surface area contributed by atoms with E-state index in [9.17, 15) is 9.59 Å². The van der Waals surface area contributed by atoms with Crippen molar-refractivity contribution in [2.24, 2.45) is 0 Å². The van der Waals surface area contributed by atoms with Gasteiger partial charge >= 0.3 is 5.97 Å². The molecule has 0 atom stereocenters. The number of amides is 1. The highest BCUT2D eigenvalue weighted by molar-refractivity contribution is 5.76. The summed E-state index contributed by atoms with van der Waals surface area (Å²) < 4.78 is 5.34. The second kappa shape index (κ2) is 23.6. The summed E-state index contributed by atoms with van der Waals surface area (Å²) in [7, 11) is 0. The average molecular weight is 440 g/mol. The zero-order chi connectivity index (χ0) is 23.0. The van der Waals surface area contributed by atoms with Crippen LogP contribution in [0.3, 0.4) is 0 Å². The van der Waals surface area contributed by atoms with Crippen molar-refractivity contribution in [3.63, 3.8) is 0 Å². The SMILES string of the molecule is CCCCCCCCCOC(=O)CCCCC(=O)N(CCCCCC)CCCCCC. The molecule has 0 aliphatic carbocycles. The number of hydrogen-bond acceptors (Lipinski definition) is 3. The van der Waals surface area contributed by atoms with Gasteiger partial charge in [-0.1, -0.05) is 97.8 Å². The maximum Gasteiger partial charge on any atom is 0.305 e. The van der Waals surface area contributed by atoms with Crippen molar-refractivity contribution in [1.29, 1.82) is 0 Å². The summed E-state index contributed by atoms with van der Waals surface area (Å²) in [4.78, 5) is 26.6. The van der Waals surface area contributed by atoms with Crippen LogP contribution in [0.2, 0.25) is 0 Å². The number of ether oxygens (including phenoxy) is 1. The molecule has 0 radical (unpaired) electrons. The molecule has 1 amide bonds. The Balaban J connectivity index is 3.87. The number of hydrogen-bond donors (Lipinski definition) is 0. The topological polar surface area (TPSA) is 46.6 Å². The van der Waals surface area contributed by atoms with Gasteiger partial charge in [-0.25, -0.2) is 0 Å². The summed E-state index contributed by atoms with van der Waals surface area (Å²) in [6.07, 6.45) is 20.7. The first-order chi connectivity index (χ1) is 15.2. The van der Waals surface area contributed by atoms with Gasteiger partial charge in [-0.2, -0.15) is 0 Å². The first-order valence-corrected chi connectivity index (χ1v) is 13.6. The molecule has 4 nitrogen and oxygen atoms in total. The Morgan fingerprint density at radius 1 is 0.548 bits per heavy atom. The normalized spacial score (nSPS) is 10.9. The number of esters is 1. The van der Waals surface area contributed by atoms with Gasteiger partial charge in [-0.3, -0.25) is 9.59 Å². The Morgan fingerprint density at radius 2 is 1.00 bits per heavy atom. The molecule has 0 unspecified atom stereocenters. The van der Waals surface area contributed by atoms with Crippen LogP contribution in [0.25, 0.3) is 0 Å². The predicted octanol–water partition coefficient (Wildman–Crippen LogP) is 7.83. The molecular weight excluding hydrogens is 386 g/mol. The van der Waals surface area contributed by atoms with Crippen molar-refractivity contribution in [2.75, 3.05) is 19.7 Å². The van der Waals surface area contributed by atoms with Crippen molar-refractivity contribution < 1.29 is 14.3 Å². The fraction of sp³-hybridized carbons (Fsp3) is 0.926. The van der Waals surface area contributed by atoms with Crippen LogP contribution in [0.4, 0.5) is 0 Å². The van der Waals surface area contributed by atoms with Crippen molar-refractivity contribution in [3.05, 3.63) is 0 Å². The summed E-state index contributed by atoms with van der Waals surface area (Å²) in [6, 6.07) is 0. The standard InChI is InChI=1S/C27H53NO3/c1-4-7-10-13-14-15-20-25-31-27(30)22-17-16-21-26(29)28(23-18-11-8-5-2)24-19-12-9-6-3/h4-25H2,1-3H3. The minimum absolute atomic E-state index is 0.102. The molecule has 0 saturated heterocycles. The van der Waals surface area contributed by atoms with Gasteiger partial charge in [0, 0.05) is 25.9 Å². The molecular formula is C27H53NO3. The summed E-state index contributed by atoms with van der Waals surface area (Å²) in [6.45, 7) is 9.00. The van der Waals surface area contributed by atoms with E-state index in [0.29, 0.717) is 19.4 Å². The molecule has 0 bridgehead atoms. The van der Waals surface area contributed by atoms with Crippen molar-refractivity contribution >= 4 is 11.9 Å². The molecule has 0 N–H and O–H groups in total. The highest BCUT2D eigenvalue weighted by Gasteiger charge is 2.13. The lowest BCUT2D eigenvalue weighted by Gasteiger charge is -2.23. The minimum atomic E-state index is -0.102. The van der Waals surface area contributed by atoms with Crippen molar-refractivity contribution in [1.82, 2.24) is 4.90 Å². The van der Waals surface area contributed by atoms with E-state index >= 15 is 0 Å². The summed E-state index contributed by atoms with van der Waals surface area (Å²) in [5, 5.41) is 0. The monoisotopic (exact) mass is 439 g/mol. The van der Waals surface area contributed by atoms with Crippen LogP contribution in [-0.2, 0) is 14.3 Å². The van der Waals surface area contributed by atoms with E-state index in [1.807, 2.05) is 0 Å². The lowest BCUT2D eigenvalue weighted by atomic mass is 10.1. The molecule has 0 aromatic heterocycles. The molecule has 0 aliphatic rings. The molecule has 0 aromatic rings. The van der Waals surface area contributed by atoms with Crippen LogP contribution in [0.15, 0.2) is 0 Å². The Morgan fingerprint density at radius 3 is 1.55 bits per heavy atom. The highest BCUT2D eigenvalue weighted by Crippen LogP contribution is 2.11. The van der Waals surface area contributed by atoms with Crippen LogP contribution in [0, 0.1) is 0 Å². The molecule has 0 saturated carbocycles. The van der Waals surface area contributed by atoms with Gasteiger partial charge < -0.3 is 9.64 Å². The lowest BCUT2D eigenvalue weighted by Crippen LogP contribution is -2.32. The third kappa shape index (κ3) is 20.6. The smallest absolute Gasteiger partial charge is 0.305 e. The Kier molecular flexibility index (Phi) is 22.8. The Bertz CT molecular complexity index is 399. The molecule has 0 spiro atoms. The van der Waals surface area contributed by atoms with Crippen LogP contribution in [0.1, 0.15) is 143 Å². The maximum atomic E-state index is 12.7.